The number of aromatic nitrogens is 3. The standard InChI is InChI=1S/C30H28Cl2N6O4.ClH/c31-23-17-24(32)22(16-21(23)25-8-4-5-11-33-25)28(40)35-27-18-26(36-38(27)20-6-2-1-3-7-20)29(41)34-19-30(42)9-12-37(13-10-30)14-15-39;/h1-8,11,15-18,42H,9-10,12-14,19H2,(H,34,41)(H,35,40);1H. The van der Waals surface area contributed by atoms with Gasteiger partial charge in [0.1, 0.15) is 12.1 Å². The maximum atomic E-state index is 13.5. The van der Waals surface area contributed by atoms with Crippen LogP contribution in [0.2, 0.25) is 10.0 Å². The number of hydrogen-bond acceptors (Lipinski definition) is 7. The highest BCUT2D eigenvalue weighted by atomic mass is 35.5. The van der Waals surface area contributed by atoms with Crippen LogP contribution in [0.4, 0.5) is 5.82 Å². The number of piperidine rings is 1. The molecule has 0 spiro atoms. The quantitative estimate of drug-likeness (QED) is 0.226. The predicted molar refractivity (Wildman–Crippen MR) is 167 cm³/mol. The molecule has 13 heteroatoms. The molecule has 3 heterocycles. The van der Waals surface area contributed by atoms with Crippen molar-refractivity contribution in [3.05, 3.63) is 94.2 Å². The molecule has 2 amide bonds. The molecule has 5 rings (SSSR count). The third-order valence-electron chi connectivity index (χ3n) is 7.12. The zero-order valence-corrected chi connectivity index (χ0v) is 25.2. The van der Waals surface area contributed by atoms with Crippen molar-refractivity contribution in [2.24, 2.45) is 0 Å². The Labute approximate surface area is 264 Å². The van der Waals surface area contributed by atoms with Crippen molar-refractivity contribution >= 4 is 59.5 Å². The van der Waals surface area contributed by atoms with Crippen LogP contribution in [0.25, 0.3) is 16.9 Å². The Bertz CT molecular complexity index is 1590. The second-order valence-corrected chi connectivity index (χ2v) is 10.8. The van der Waals surface area contributed by atoms with Crippen LogP contribution in [-0.4, -0.2) is 74.7 Å². The summed E-state index contributed by atoms with van der Waals surface area (Å²) >= 11 is 12.8. The molecular formula is C30H29Cl3N6O4. The van der Waals surface area contributed by atoms with Crippen molar-refractivity contribution in [1.82, 2.24) is 25.0 Å². The molecule has 0 saturated carbocycles. The molecule has 2 aromatic carbocycles. The van der Waals surface area contributed by atoms with E-state index in [2.05, 4.69) is 20.7 Å². The number of carbonyl (C=O) groups is 3. The molecule has 224 valence electrons. The van der Waals surface area contributed by atoms with E-state index in [0.717, 1.165) is 6.29 Å². The average Bonchev–Trinajstić information content (AvgIpc) is 3.42. The van der Waals surface area contributed by atoms with Crippen molar-refractivity contribution in [2.45, 2.75) is 18.4 Å². The van der Waals surface area contributed by atoms with Crippen LogP contribution < -0.4 is 10.6 Å². The largest absolute Gasteiger partial charge is 0.388 e. The van der Waals surface area contributed by atoms with Gasteiger partial charge in [-0.25, -0.2) is 4.68 Å². The lowest BCUT2D eigenvalue weighted by molar-refractivity contribution is -0.110. The first-order chi connectivity index (χ1) is 20.3. The summed E-state index contributed by atoms with van der Waals surface area (Å²) in [5.41, 5.74) is 0.856. The highest BCUT2D eigenvalue weighted by Gasteiger charge is 2.33. The first-order valence-corrected chi connectivity index (χ1v) is 14.1. The molecule has 1 aliphatic rings. The Hall–Kier alpha value is -3.80. The number of benzene rings is 2. The fourth-order valence-corrected chi connectivity index (χ4v) is 5.31. The van der Waals surface area contributed by atoms with Gasteiger partial charge in [0, 0.05) is 37.5 Å². The molecule has 0 bridgehead atoms. The fraction of sp³-hybridized carbons (Fsp3) is 0.233. The number of carbonyl (C=O) groups excluding carboxylic acids is 3. The Morgan fingerprint density at radius 1 is 0.977 bits per heavy atom. The van der Waals surface area contributed by atoms with Gasteiger partial charge in [0.2, 0.25) is 0 Å². The lowest BCUT2D eigenvalue weighted by atomic mass is 9.91. The maximum absolute atomic E-state index is 13.5. The van der Waals surface area contributed by atoms with Crippen LogP contribution in [0.3, 0.4) is 0 Å². The van der Waals surface area contributed by atoms with Crippen LogP contribution in [0, 0.1) is 0 Å². The van der Waals surface area contributed by atoms with Crippen molar-refractivity contribution < 1.29 is 19.5 Å². The summed E-state index contributed by atoms with van der Waals surface area (Å²) in [7, 11) is 0. The van der Waals surface area contributed by atoms with E-state index in [0.29, 0.717) is 54.4 Å². The van der Waals surface area contributed by atoms with E-state index in [9.17, 15) is 19.5 Å². The Morgan fingerprint density at radius 3 is 2.37 bits per heavy atom. The van der Waals surface area contributed by atoms with Crippen LogP contribution in [0.15, 0.2) is 72.9 Å². The van der Waals surface area contributed by atoms with Gasteiger partial charge >= 0.3 is 0 Å². The molecule has 0 aliphatic carbocycles. The number of amides is 2. The van der Waals surface area contributed by atoms with Crippen molar-refractivity contribution in [3.63, 3.8) is 0 Å². The van der Waals surface area contributed by atoms with Crippen LogP contribution in [0.1, 0.15) is 33.7 Å². The van der Waals surface area contributed by atoms with Gasteiger partial charge in [-0.05, 0) is 49.2 Å². The molecule has 1 fully saturated rings. The molecule has 2 aromatic heterocycles. The number of pyridine rings is 1. The number of nitrogens with one attached hydrogen (secondary N) is 2. The number of rotatable bonds is 9. The van der Waals surface area contributed by atoms with E-state index in [4.69, 9.17) is 23.2 Å². The first kappa shape index (κ1) is 32.1. The minimum Gasteiger partial charge on any atom is -0.388 e. The summed E-state index contributed by atoms with van der Waals surface area (Å²) in [5.74, 6) is -0.803. The minimum atomic E-state index is -1.09. The van der Waals surface area contributed by atoms with E-state index in [1.807, 2.05) is 29.2 Å². The molecule has 43 heavy (non-hydrogen) atoms. The molecule has 1 saturated heterocycles. The molecule has 0 radical (unpaired) electrons. The molecule has 0 atom stereocenters. The van der Waals surface area contributed by atoms with Gasteiger partial charge in [0.05, 0.1) is 39.1 Å². The minimum absolute atomic E-state index is 0. The molecular weight excluding hydrogens is 615 g/mol. The zero-order valence-electron chi connectivity index (χ0n) is 22.9. The Morgan fingerprint density at radius 2 is 1.70 bits per heavy atom. The normalized spacial score (nSPS) is 14.4. The summed E-state index contributed by atoms with van der Waals surface area (Å²) in [5, 5.41) is 21.5. The van der Waals surface area contributed by atoms with E-state index < -0.39 is 17.4 Å². The predicted octanol–water partition coefficient (Wildman–Crippen LogP) is 4.67. The third-order valence-corrected chi connectivity index (χ3v) is 7.75. The number of aldehydes is 1. The van der Waals surface area contributed by atoms with Crippen LogP contribution >= 0.6 is 35.6 Å². The zero-order chi connectivity index (χ0) is 29.7. The lowest BCUT2D eigenvalue weighted by Crippen LogP contribution is -2.51. The van der Waals surface area contributed by atoms with Gasteiger partial charge in [-0.15, -0.1) is 12.4 Å². The smallest absolute Gasteiger partial charge is 0.271 e. The number of hydrogen-bond donors (Lipinski definition) is 3. The molecule has 0 unspecified atom stereocenters. The highest BCUT2D eigenvalue weighted by molar-refractivity contribution is 6.38. The van der Waals surface area contributed by atoms with Gasteiger partial charge in [0.15, 0.2) is 5.69 Å². The monoisotopic (exact) mass is 642 g/mol. The third kappa shape index (κ3) is 7.59. The summed E-state index contributed by atoms with van der Waals surface area (Å²) in [6.07, 6.45) is 3.30. The number of likely N-dealkylation sites (tertiary alicyclic amines) is 1. The molecule has 4 aromatic rings. The van der Waals surface area contributed by atoms with Gasteiger partial charge in [-0.3, -0.25) is 19.5 Å². The number of anilines is 1. The van der Waals surface area contributed by atoms with E-state index in [1.54, 1.807) is 36.5 Å². The van der Waals surface area contributed by atoms with Crippen molar-refractivity contribution in [2.75, 3.05) is 31.5 Å². The van der Waals surface area contributed by atoms with Gasteiger partial charge in [-0.1, -0.05) is 47.5 Å². The van der Waals surface area contributed by atoms with E-state index in [1.165, 1.54) is 16.8 Å². The summed E-state index contributed by atoms with van der Waals surface area (Å²) in [6.45, 7) is 1.45. The Balaban J connectivity index is 0.00000423. The molecule has 10 nitrogen and oxygen atoms in total. The highest BCUT2D eigenvalue weighted by Crippen LogP contribution is 2.32. The SMILES string of the molecule is Cl.O=CCN1CCC(O)(CNC(=O)c2cc(NC(=O)c3cc(-c4ccccn4)c(Cl)cc3Cl)n(-c3ccccc3)n2)CC1. The van der Waals surface area contributed by atoms with Crippen molar-refractivity contribution in [1.29, 1.82) is 0 Å². The Kier molecular flexibility index (Phi) is 10.5. The second-order valence-electron chi connectivity index (χ2n) is 10.0. The number of halogens is 3. The number of nitrogens with zero attached hydrogens (tertiary/aromatic N) is 4. The number of aliphatic hydroxyl groups is 1. The summed E-state index contributed by atoms with van der Waals surface area (Å²) < 4.78 is 1.45. The average molecular weight is 644 g/mol. The van der Waals surface area contributed by atoms with E-state index in [-0.39, 0.29) is 41.0 Å². The van der Waals surface area contributed by atoms with Crippen LogP contribution in [0.5, 0.6) is 0 Å². The summed E-state index contributed by atoms with van der Waals surface area (Å²) in [6, 6.07) is 18.9. The van der Waals surface area contributed by atoms with Gasteiger partial charge < -0.3 is 20.5 Å². The van der Waals surface area contributed by atoms with Gasteiger partial charge in [0.25, 0.3) is 11.8 Å². The summed E-state index contributed by atoms with van der Waals surface area (Å²) in [4.78, 5) is 43.7. The fourth-order valence-electron chi connectivity index (χ4n) is 4.74. The second kappa shape index (κ2) is 14.1. The topological polar surface area (TPSA) is 129 Å². The van der Waals surface area contributed by atoms with Crippen molar-refractivity contribution in [3.8, 4) is 16.9 Å². The maximum Gasteiger partial charge on any atom is 0.271 e. The molecule has 3 N–H and O–H groups in total. The lowest BCUT2D eigenvalue weighted by Gasteiger charge is -2.37. The van der Waals surface area contributed by atoms with Crippen LogP contribution in [-0.2, 0) is 4.79 Å². The number of para-hydroxylation sites is 1. The molecule has 1 aliphatic heterocycles. The first-order valence-electron chi connectivity index (χ1n) is 13.3. The van der Waals surface area contributed by atoms with E-state index >= 15 is 0 Å². The van der Waals surface area contributed by atoms with Gasteiger partial charge in [-0.2, -0.15) is 5.10 Å².